The lowest BCUT2D eigenvalue weighted by atomic mass is 10.00. The molecule has 13 heavy (non-hydrogen) atoms. The lowest BCUT2D eigenvalue weighted by Crippen LogP contribution is -2.38. The summed E-state index contributed by atoms with van der Waals surface area (Å²) in [4.78, 5) is 2.13. The van der Waals surface area contributed by atoms with Crippen LogP contribution in [0.25, 0.3) is 0 Å². The summed E-state index contributed by atoms with van der Waals surface area (Å²) < 4.78 is 0. The minimum absolute atomic E-state index is 0.551. The number of hydrogen-bond acceptors (Lipinski definition) is 2. The Morgan fingerprint density at radius 3 is 2.77 bits per heavy atom. The monoisotopic (exact) mass is 181 g/mol. The second kappa shape index (κ2) is 4.47. The fourth-order valence-electron chi connectivity index (χ4n) is 1.68. The van der Waals surface area contributed by atoms with Crippen LogP contribution < -0.4 is 0 Å². The van der Waals surface area contributed by atoms with Gasteiger partial charge in [0, 0.05) is 13.1 Å². The molecule has 0 fully saturated rings. The van der Waals surface area contributed by atoms with Crippen molar-refractivity contribution in [2.24, 2.45) is 0 Å². The van der Waals surface area contributed by atoms with Crippen LogP contribution in [0.1, 0.15) is 26.7 Å². The minimum atomic E-state index is -0.551. The van der Waals surface area contributed by atoms with Gasteiger partial charge in [-0.1, -0.05) is 25.5 Å². The van der Waals surface area contributed by atoms with Crippen LogP contribution in [-0.2, 0) is 0 Å². The molecular formula is C11H19NO. The van der Waals surface area contributed by atoms with Gasteiger partial charge in [-0.2, -0.15) is 0 Å². The predicted octanol–water partition coefficient (Wildman–Crippen LogP) is 1.92. The van der Waals surface area contributed by atoms with E-state index in [1.54, 1.807) is 0 Å². The van der Waals surface area contributed by atoms with E-state index >= 15 is 0 Å². The van der Waals surface area contributed by atoms with Crippen molar-refractivity contribution in [2.45, 2.75) is 32.3 Å². The van der Waals surface area contributed by atoms with Crippen molar-refractivity contribution in [3.05, 3.63) is 24.4 Å². The molecule has 0 aliphatic carbocycles. The van der Waals surface area contributed by atoms with Gasteiger partial charge in [-0.05, 0) is 25.6 Å². The number of hydrogen-bond donors (Lipinski definition) is 1. The average molecular weight is 181 g/mol. The highest BCUT2D eigenvalue weighted by molar-refractivity contribution is 5.09. The largest absolute Gasteiger partial charge is 0.388 e. The molecule has 1 heterocycles. The van der Waals surface area contributed by atoms with Crippen LogP contribution in [0.5, 0.6) is 0 Å². The molecule has 1 aliphatic heterocycles. The highest BCUT2D eigenvalue weighted by Crippen LogP contribution is 2.14. The molecule has 74 valence electrons. The molecule has 1 aliphatic rings. The van der Waals surface area contributed by atoms with Crippen molar-refractivity contribution in [1.29, 1.82) is 0 Å². The smallest absolute Gasteiger partial charge is 0.0793 e. The van der Waals surface area contributed by atoms with Crippen LogP contribution in [0.3, 0.4) is 0 Å². The molecule has 0 saturated heterocycles. The fraction of sp³-hybridized carbons (Fsp3) is 0.636. The van der Waals surface area contributed by atoms with E-state index in [1.807, 2.05) is 25.3 Å². The molecule has 0 saturated carbocycles. The SMILES string of the molecule is CCCC(C)(O)CN1C=CC=CC1. The lowest BCUT2D eigenvalue weighted by molar-refractivity contribution is 0.0261. The third-order valence-electron chi connectivity index (χ3n) is 2.22. The molecular weight excluding hydrogens is 162 g/mol. The van der Waals surface area contributed by atoms with Crippen molar-refractivity contribution in [1.82, 2.24) is 4.90 Å². The van der Waals surface area contributed by atoms with Crippen LogP contribution in [0, 0.1) is 0 Å². The van der Waals surface area contributed by atoms with Gasteiger partial charge < -0.3 is 10.0 Å². The van der Waals surface area contributed by atoms with Crippen LogP contribution in [0.2, 0.25) is 0 Å². The summed E-state index contributed by atoms with van der Waals surface area (Å²) in [6.07, 6.45) is 10.1. The van der Waals surface area contributed by atoms with Crippen molar-refractivity contribution < 1.29 is 5.11 Å². The summed E-state index contributed by atoms with van der Waals surface area (Å²) in [5.74, 6) is 0. The quantitative estimate of drug-likeness (QED) is 0.716. The van der Waals surface area contributed by atoms with Crippen LogP contribution in [0.15, 0.2) is 24.4 Å². The van der Waals surface area contributed by atoms with Gasteiger partial charge in [0.2, 0.25) is 0 Å². The number of aliphatic hydroxyl groups is 1. The van der Waals surface area contributed by atoms with E-state index in [1.165, 1.54) is 0 Å². The topological polar surface area (TPSA) is 23.5 Å². The maximum atomic E-state index is 9.97. The standard InChI is InChI=1S/C11H19NO/c1-3-7-11(2,13)10-12-8-5-4-6-9-12/h4-6,8,13H,3,7,9-10H2,1-2H3. The molecule has 1 rings (SSSR count). The Bertz CT molecular complexity index is 206. The molecule has 0 radical (unpaired) electrons. The second-order valence-corrected chi connectivity index (χ2v) is 3.95. The van der Waals surface area contributed by atoms with Crippen molar-refractivity contribution in [2.75, 3.05) is 13.1 Å². The third-order valence-corrected chi connectivity index (χ3v) is 2.22. The van der Waals surface area contributed by atoms with Gasteiger partial charge >= 0.3 is 0 Å². The average Bonchev–Trinajstić information content (AvgIpc) is 2.04. The molecule has 0 aromatic carbocycles. The zero-order chi connectivity index (χ0) is 9.73. The Labute approximate surface area is 80.6 Å². The van der Waals surface area contributed by atoms with E-state index < -0.39 is 5.60 Å². The van der Waals surface area contributed by atoms with E-state index in [9.17, 15) is 5.11 Å². The van der Waals surface area contributed by atoms with Gasteiger partial charge in [-0.25, -0.2) is 0 Å². The Kier molecular flexibility index (Phi) is 3.55. The zero-order valence-electron chi connectivity index (χ0n) is 8.53. The van der Waals surface area contributed by atoms with Gasteiger partial charge in [-0.15, -0.1) is 0 Å². The van der Waals surface area contributed by atoms with Crippen LogP contribution in [0.4, 0.5) is 0 Å². The van der Waals surface area contributed by atoms with E-state index in [2.05, 4.69) is 17.9 Å². The summed E-state index contributed by atoms with van der Waals surface area (Å²) in [6, 6.07) is 0. The van der Waals surface area contributed by atoms with Gasteiger partial charge in [0.1, 0.15) is 0 Å². The van der Waals surface area contributed by atoms with E-state index in [-0.39, 0.29) is 0 Å². The molecule has 2 heteroatoms. The molecule has 2 nitrogen and oxygen atoms in total. The van der Waals surface area contributed by atoms with Crippen molar-refractivity contribution in [3.63, 3.8) is 0 Å². The van der Waals surface area contributed by atoms with Crippen molar-refractivity contribution >= 4 is 0 Å². The first-order valence-electron chi connectivity index (χ1n) is 4.94. The summed E-state index contributed by atoms with van der Waals surface area (Å²) in [5, 5.41) is 9.97. The predicted molar refractivity (Wildman–Crippen MR) is 55.4 cm³/mol. The number of nitrogens with zero attached hydrogens (tertiary/aromatic N) is 1. The molecule has 0 bridgehead atoms. The van der Waals surface area contributed by atoms with Gasteiger partial charge in [-0.3, -0.25) is 0 Å². The maximum absolute atomic E-state index is 9.97. The molecule has 0 aromatic heterocycles. The van der Waals surface area contributed by atoms with Gasteiger partial charge in [0.25, 0.3) is 0 Å². The number of allylic oxidation sites excluding steroid dienone is 2. The molecule has 1 N–H and O–H groups in total. The van der Waals surface area contributed by atoms with E-state index in [0.29, 0.717) is 0 Å². The first kappa shape index (κ1) is 10.3. The molecule has 0 spiro atoms. The minimum Gasteiger partial charge on any atom is -0.388 e. The number of rotatable bonds is 4. The zero-order valence-corrected chi connectivity index (χ0v) is 8.53. The Morgan fingerprint density at radius 2 is 2.23 bits per heavy atom. The molecule has 0 amide bonds. The summed E-state index contributed by atoms with van der Waals surface area (Å²) in [6.45, 7) is 5.64. The Morgan fingerprint density at radius 1 is 1.46 bits per heavy atom. The van der Waals surface area contributed by atoms with Gasteiger partial charge in [0.05, 0.1) is 5.60 Å². The number of β-amino-alcohol motifs (C(OH)–C–C–N with tert-alkyl or cyclic N) is 1. The summed E-state index contributed by atoms with van der Waals surface area (Å²) in [5.41, 5.74) is -0.551. The van der Waals surface area contributed by atoms with Gasteiger partial charge in [0.15, 0.2) is 0 Å². The highest BCUT2D eigenvalue weighted by Gasteiger charge is 2.21. The van der Waals surface area contributed by atoms with E-state index in [4.69, 9.17) is 0 Å². The summed E-state index contributed by atoms with van der Waals surface area (Å²) >= 11 is 0. The second-order valence-electron chi connectivity index (χ2n) is 3.95. The first-order chi connectivity index (χ1) is 6.14. The maximum Gasteiger partial charge on any atom is 0.0793 e. The van der Waals surface area contributed by atoms with Crippen LogP contribution >= 0.6 is 0 Å². The first-order valence-corrected chi connectivity index (χ1v) is 4.94. The normalized spacial score (nSPS) is 20.4. The molecule has 0 aromatic rings. The fourth-order valence-corrected chi connectivity index (χ4v) is 1.68. The summed E-state index contributed by atoms with van der Waals surface area (Å²) in [7, 11) is 0. The van der Waals surface area contributed by atoms with Crippen molar-refractivity contribution in [3.8, 4) is 0 Å². The Balaban J connectivity index is 2.38. The third kappa shape index (κ3) is 3.64. The Hall–Kier alpha value is -0.760. The molecule has 1 atom stereocenters. The molecule has 1 unspecified atom stereocenters. The highest BCUT2D eigenvalue weighted by atomic mass is 16.3. The van der Waals surface area contributed by atoms with E-state index in [0.717, 1.165) is 25.9 Å². The van der Waals surface area contributed by atoms with Crippen LogP contribution in [-0.4, -0.2) is 28.7 Å². The lowest BCUT2D eigenvalue weighted by Gasteiger charge is -2.30.